The van der Waals surface area contributed by atoms with Gasteiger partial charge in [-0.2, -0.15) is 0 Å². The Labute approximate surface area is 212 Å². The Morgan fingerprint density at radius 2 is 1.61 bits per heavy atom. The predicted molar refractivity (Wildman–Crippen MR) is 136 cm³/mol. The molecule has 1 heterocycles. The predicted octanol–water partition coefficient (Wildman–Crippen LogP) is 0.0397. The van der Waals surface area contributed by atoms with E-state index in [9.17, 15) is 24.3 Å². The Kier molecular flexibility index (Phi) is 13.7. The fourth-order valence-electron chi connectivity index (χ4n) is 3.61. The molecule has 0 saturated heterocycles. The number of unbranched alkanes of at least 4 members (excludes halogenated alkanes) is 1. The number of aromatic amines is 1. The zero-order valence-electron chi connectivity index (χ0n) is 21.8. The number of carboxylic acid groups (broad SMARTS) is 1. The van der Waals surface area contributed by atoms with E-state index in [2.05, 4.69) is 25.9 Å². The molecule has 1 aromatic heterocycles. The van der Waals surface area contributed by atoms with Gasteiger partial charge in [0.25, 0.3) is 0 Å². The SMILES string of the molecule is CCC(C)C(N)C(=O)NC(CC(C)C)C(=O)NC(CCCCN)C(=O)NC(Cc1cnc[nH]1)C(=O)O. The number of hydrogen-bond donors (Lipinski definition) is 7. The lowest BCUT2D eigenvalue weighted by atomic mass is 9.97. The third-order valence-electron chi connectivity index (χ3n) is 6.07. The van der Waals surface area contributed by atoms with E-state index in [-0.39, 0.29) is 24.7 Å². The molecule has 3 amide bonds. The van der Waals surface area contributed by atoms with Crippen LogP contribution in [0.15, 0.2) is 12.5 Å². The standard InChI is InChI=1S/C24H43N7O5/c1-5-15(4)20(26)23(34)30-18(10-14(2)3)22(33)29-17(8-6-7-9-25)21(32)31-19(24(35)36)11-16-12-27-13-28-16/h12-15,17-20H,5-11,25-26H2,1-4H3,(H,27,28)(H,29,33)(H,30,34)(H,31,32)(H,35,36). The summed E-state index contributed by atoms with van der Waals surface area (Å²) in [5, 5.41) is 17.5. The highest BCUT2D eigenvalue weighted by molar-refractivity contribution is 5.94. The molecule has 12 heteroatoms. The highest BCUT2D eigenvalue weighted by Gasteiger charge is 2.31. The minimum Gasteiger partial charge on any atom is -0.480 e. The number of aliphatic carboxylic acids is 1. The molecule has 9 N–H and O–H groups in total. The van der Waals surface area contributed by atoms with E-state index in [4.69, 9.17) is 11.5 Å². The zero-order chi connectivity index (χ0) is 27.3. The van der Waals surface area contributed by atoms with Crippen LogP contribution in [-0.2, 0) is 25.6 Å². The number of nitrogens with two attached hydrogens (primary N) is 2. The van der Waals surface area contributed by atoms with Crippen molar-refractivity contribution < 1.29 is 24.3 Å². The van der Waals surface area contributed by atoms with Gasteiger partial charge in [0.2, 0.25) is 17.7 Å². The smallest absolute Gasteiger partial charge is 0.326 e. The number of nitrogens with one attached hydrogen (secondary N) is 4. The molecule has 204 valence electrons. The molecule has 0 aliphatic rings. The molecular formula is C24H43N7O5. The van der Waals surface area contributed by atoms with Crippen LogP contribution in [0.5, 0.6) is 0 Å². The molecule has 0 aromatic carbocycles. The molecule has 1 aromatic rings. The number of imidazole rings is 1. The largest absolute Gasteiger partial charge is 0.480 e. The monoisotopic (exact) mass is 509 g/mol. The number of hydrogen-bond acceptors (Lipinski definition) is 7. The van der Waals surface area contributed by atoms with Crippen LogP contribution in [0, 0.1) is 11.8 Å². The van der Waals surface area contributed by atoms with Crippen LogP contribution < -0.4 is 27.4 Å². The van der Waals surface area contributed by atoms with Crippen molar-refractivity contribution in [1.82, 2.24) is 25.9 Å². The Hall–Kier alpha value is -2.99. The summed E-state index contributed by atoms with van der Waals surface area (Å²) in [5.74, 6) is -2.78. The highest BCUT2D eigenvalue weighted by atomic mass is 16.4. The molecule has 0 fully saturated rings. The van der Waals surface area contributed by atoms with Gasteiger partial charge in [-0.05, 0) is 44.1 Å². The van der Waals surface area contributed by atoms with Crippen molar-refractivity contribution in [1.29, 1.82) is 0 Å². The summed E-state index contributed by atoms with van der Waals surface area (Å²) in [6, 6.07) is -3.87. The number of carbonyl (C=O) groups is 4. The van der Waals surface area contributed by atoms with Crippen LogP contribution in [-0.4, -0.2) is 69.5 Å². The lowest BCUT2D eigenvalue weighted by molar-refractivity contribution is -0.142. The summed E-state index contributed by atoms with van der Waals surface area (Å²) in [7, 11) is 0. The van der Waals surface area contributed by atoms with E-state index in [1.807, 2.05) is 27.7 Å². The number of rotatable bonds is 17. The molecule has 0 aliphatic carbocycles. The molecule has 1 rings (SSSR count). The van der Waals surface area contributed by atoms with Crippen LogP contribution in [0.25, 0.3) is 0 Å². The molecule has 5 atom stereocenters. The summed E-state index contributed by atoms with van der Waals surface area (Å²) >= 11 is 0. The van der Waals surface area contributed by atoms with Crippen LogP contribution in [0.3, 0.4) is 0 Å². The van der Waals surface area contributed by atoms with Gasteiger partial charge in [-0.1, -0.05) is 34.1 Å². The molecule has 0 bridgehead atoms. The maximum Gasteiger partial charge on any atom is 0.326 e. The quantitative estimate of drug-likeness (QED) is 0.142. The maximum absolute atomic E-state index is 13.2. The summed E-state index contributed by atoms with van der Waals surface area (Å²) in [4.78, 5) is 57.3. The second-order valence-electron chi connectivity index (χ2n) is 9.63. The van der Waals surface area contributed by atoms with Crippen LogP contribution >= 0.6 is 0 Å². The molecule has 12 nitrogen and oxygen atoms in total. The first-order chi connectivity index (χ1) is 17.0. The average molecular weight is 510 g/mol. The van der Waals surface area contributed by atoms with Crippen LogP contribution in [0.1, 0.15) is 65.5 Å². The van der Waals surface area contributed by atoms with E-state index in [1.54, 1.807) is 0 Å². The first-order valence-corrected chi connectivity index (χ1v) is 12.6. The second-order valence-corrected chi connectivity index (χ2v) is 9.63. The third kappa shape index (κ3) is 10.7. The average Bonchev–Trinajstić information content (AvgIpc) is 3.34. The number of nitrogens with zero attached hydrogens (tertiary/aromatic N) is 1. The number of carboxylic acids is 1. The van der Waals surface area contributed by atoms with Gasteiger partial charge in [-0.15, -0.1) is 0 Å². The van der Waals surface area contributed by atoms with E-state index >= 15 is 0 Å². The highest BCUT2D eigenvalue weighted by Crippen LogP contribution is 2.11. The number of carbonyl (C=O) groups excluding carboxylic acids is 3. The minimum atomic E-state index is -1.22. The van der Waals surface area contributed by atoms with E-state index in [0.717, 1.165) is 0 Å². The van der Waals surface area contributed by atoms with Gasteiger partial charge in [0.05, 0.1) is 12.4 Å². The van der Waals surface area contributed by atoms with Crippen molar-refractivity contribution in [2.24, 2.45) is 23.3 Å². The summed E-state index contributed by atoms with van der Waals surface area (Å²) in [5.41, 5.74) is 12.2. The van der Waals surface area contributed by atoms with Gasteiger partial charge in [-0.3, -0.25) is 14.4 Å². The number of amides is 3. The fourth-order valence-corrected chi connectivity index (χ4v) is 3.61. The van der Waals surface area contributed by atoms with Crippen molar-refractivity contribution >= 4 is 23.7 Å². The topological polar surface area (TPSA) is 205 Å². The molecular weight excluding hydrogens is 466 g/mol. The molecule has 0 spiro atoms. The number of H-pyrrole nitrogens is 1. The van der Waals surface area contributed by atoms with E-state index < -0.39 is 47.9 Å². The molecule has 0 radical (unpaired) electrons. The van der Waals surface area contributed by atoms with Gasteiger partial charge >= 0.3 is 5.97 Å². The lowest BCUT2D eigenvalue weighted by Gasteiger charge is -2.27. The van der Waals surface area contributed by atoms with Crippen molar-refractivity contribution in [3.05, 3.63) is 18.2 Å². The molecule has 0 saturated carbocycles. The first kappa shape index (κ1) is 31.0. The Balaban J connectivity index is 2.99. The Morgan fingerprint density at radius 3 is 2.14 bits per heavy atom. The van der Waals surface area contributed by atoms with Crippen LogP contribution in [0.4, 0.5) is 0 Å². The van der Waals surface area contributed by atoms with Crippen LogP contribution in [0.2, 0.25) is 0 Å². The van der Waals surface area contributed by atoms with Crippen molar-refractivity contribution in [2.45, 2.75) is 90.4 Å². The zero-order valence-corrected chi connectivity index (χ0v) is 21.8. The lowest BCUT2D eigenvalue weighted by Crippen LogP contribution is -2.58. The van der Waals surface area contributed by atoms with Gasteiger partial charge in [-0.25, -0.2) is 9.78 Å². The van der Waals surface area contributed by atoms with Gasteiger partial charge < -0.3 is 37.5 Å². The van der Waals surface area contributed by atoms with Crippen molar-refractivity contribution in [3.8, 4) is 0 Å². The van der Waals surface area contributed by atoms with E-state index in [0.29, 0.717) is 37.9 Å². The maximum atomic E-state index is 13.2. The molecule has 5 unspecified atom stereocenters. The van der Waals surface area contributed by atoms with E-state index in [1.165, 1.54) is 12.5 Å². The van der Waals surface area contributed by atoms with Gasteiger partial charge in [0.1, 0.15) is 18.1 Å². The number of aromatic nitrogens is 2. The second kappa shape index (κ2) is 15.9. The summed E-state index contributed by atoms with van der Waals surface area (Å²) in [6.45, 7) is 8.04. The molecule has 36 heavy (non-hydrogen) atoms. The Bertz CT molecular complexity index is 831. The fraction of sp³-hybridized carbons (Fsp3) is 0.708. The van der Waals surface area contributed by atoms with Gasteiger partial charge in [0.15, 0.2) is 0 Å². The molecule has 0 aliphatic heterocycles. The Morgan fingerprint density at radius 1 is 1.00 bits per heavy atom. The van der Waals surface area contributed by atoms with Crippen molar-refractivity contribution in [2.75, 3.05) is 6.54 Å². The van der Waals surface area contributed by atoms with Crippen molar-refractivity contribution in [3.63, 3.8) is 0 Å². The summed E-state index contributed by atoms with van der Waals surface area (Å²) in [6.07, 6.45) is 5.40. The third-order valence-corrected chi connectivity index (χ3v) is 6.07. The van der Waals surface area contributed by atoms with Gasteiger partial charge in [0, 0.05) is 18.3 Å². The normalized spacial score (nSPS) is 15.4. The first-order valence-electron chi connectivity index (χ1n) is 12.6. The minimum absolute atomic E-state index is 0.00404. The summed E-state index contributed by atoms with van der Waals surface area (Å²) < 4.78 is 0.